The van der Waals surface area contributed by atoms with Crippen LogP contribution in [0.15, 0.2) is 0 Å². The molecule has 0 saturated carbocycles. The lowest BCUT2D eigenvalue weighted by atomic mass is 9.88. The molecule has 1 aromatic rings. The van der Waals surface area contributed by atoms with Gasteiger partial charge in [-0.2, -0.15) is 5.10 Å². The third-order valence-electron chi connectivity index (χ3n) is 2.45. The summed E-state index contributed by atoms with van der Waals surface area (Å²) in [7, 11) is 1.77. The third kappa shape index (κ3) is 2.31. The molecule has 0 aliphatic heterocycles. The molecule has 4 nitrogen and oxygen atoms in total. The second kappa shape index (κ2) is 3.85. The van der Waals surface area contributed by atoms with Crippen LogP contribution in [0.5, 0.6) is 0 Å². The van der Waals surface area contributed by atoms with Crippen LogP contribution in [0.4, 0.5) is 0 Å². The normalized spacial score (nSPS) is 11.8. The molecular weight excluding hydrogens is 216 g/mol. The van der Waals surface area contributed by atoms with E-state index in [2.05, 4.69) is 5.10 Å². The lowest BCUT2D eigenvalue weighted by Crippen LogP contribution is -2.27. The van der Waals surface area contributed by atoms with E-state index in [-0.39, 0.29) is 0 Å². The molecule has 0 atom stereocenters. The van der Waals surface area contributed by atoms with Gasteiger partial charge in [0.25, 0.3) is 0 Å². The highest BCUT2D eigenvalue weighted by Gasteiger charge is 2.30. The first-order chi connectivity index (χ1) is 6.75. The van der Waals surface area contributed by atoms with E-state index in [1.165, 1.54) is 0 Å². The van der Waals surface area contributed by atoms with Gasteiger partial charge in [0.15, 0.2) is 0 Å². The van der Waals surface area contributed by atoms with Gasteiger partial charge in [-0.3, -0.25) is 9.48 Å². The summed E-state index contributed by atoms with van der Waals surface area (Å²) in [6, 6.07) is 0. The maximum absolute atomic E-state index is 11.0. The van der Waals surface area contributed by atoms with E-state index < -0.39 is 11.4 Å². The number of hydrogen-bond acceptors (Lipinski definition) is 2. The third-order valence-corrected chi connectivity index (χ3v) is 2.94. The zero-order valence-electron chi connectivity index (χ0n) is 9.33. The highest BCUT2D eigenvalue weighted by Crippen LogP contribution is 2.28. The average Bonchev–Trinajstić information content (AvgIpc) is 2.32. The highest BCUT2D eigenvalue weighted by atomic mass is 35.5. The summed E-state index contributed by atoms with van der Waals surface area (Å²) in [5.74, 6) is -0.836. The number of aromatic nitrogens is 2. The highest BCUT2D eigenvalue weighted by molar-refractivity contribution is 6.31. The minimum Gasteiger partial charge on any atom is -0.481 e. The number of carboxylic acid groups (broad SMARTS) is 1. The molecule has 1 aromatic heterocycles. The van der Waals surface area contributed by atoms with Gasteiger partial charge in [-0.1, -0.05) is 11.6 Å². The Kier molecular flexibility index (Phi) is 3.09. The molecule has 0 amide bonds. The molecule has 1 heterocycles. The van der Waals surface area contributed by atoms with Crippen molar-refractivity contribution in [2.24, 2.45) is 12.5 Å². The van der Waals surface area contributed by atoms with Crippen LogP contribution in [0.25, 0.3) is 0 Å². The number of nitrogens with zero attached hydrogens (tertiary/aromatic N) is 2. The fourth-order valence-electron chi connectivity index (χ4n) is 1.37. The van der Waals surface area contributed by atoms with Crippen LogP contribution in [-0.2, 0) is 18.3 Å². The van der Waals surface area contributed by atoms with Gasteiger partial charge in [0.1, 0.15) is 0 Å². The minimum atomic E-state index is -0.836. The van der Waals surface area contributed by atoms with Crippen LogP contribution >= 0.6 is 11.6 Å². The van der Waals surface area contributed by atoms with Crippen molar-refractivity contribution in [1.82, 2.24) is 9.78 Å². The summed E-state index contributed by atoms with van der Waals surface area (Å²) in [6.07, 6.45) is 0.374. The van der Waals surface area contributed by atoms with Crippen LogP contribution in [0.2, 0.25) is 5.02 Å². The molecule has 15 heavy (non-hydrogen) atoms. The summed E-state index contributed by atoms with van der Waals surface area (Å²) in [5, 5.41) is 13.7. The first-order valence-corrected chi connectivity index (χ1v) is 5.05. The van der Waals surface area contributed by atoms with Crippen molar-refractivity contribution in [3.63, 3.8) is 0 Å². The van der Waals surface area contributed by atoms with E-state index in [9.17, 15) is 4.79 Å². The van der Waals surface area contributed by atoms with Gasteiger partial charge in [0.05, 0.1) is 21.8 Å². The fraction of sp³-hybridized carbons (Fsp3) is 0.600. The fourth-order valence-corrected chi connectivity index (χ4v) is 1.59. The Morgan fingerprint density at radius 2 is 2.13 bits per heavy atom. The zero-order chi connectivity index (χ0) is 11.8. The van der Waals surface area contributed by atoms with Crippen LogP contribution in [0, 0.1) is 12.3 Å². The number of halogens is 1. The standard InChI is InChI=1S/C10H15ClN2O2/c1-6-8(11)7(13(4)12-6)5-10(2,3)9(14)15/h5H2,1-4H3,(H,14,15). The number of carboxylic acids is 1. The van der Waals surface area contributed by atoms with E-state index in [1.807, 2.05) is 0 Å². The molecular formula is C10H15ClN2O2. The Labute approximate surface area is 93.9 Å². The van der Waals surface area contributed by atoms with Gasteiger partial charge in [-0.25, -0.2) is 0 Å². The SMILES string of the molecule is Cc1nn(C)c(CC(C)(C)C(=O)O)c1Cl. The molecule has 0 spiro atoms. The predicted octanol–water partition coefficient (Wildman–Crippen LogP) is 2.04. The van der Waals surface area contributed by atoms with Crippen LogP contribution in [-0.4, -0.2) is 20.9 Å². The molecule has 0 unspecified atom stereocenters. The summed E-state index contributed by atoms with van der Waals surface area (Å²) < 4.78 is 1.64. The summed E-state index contributed by atoms with van der Waals surface area (Å²) in [5.41, 5.74) is 0.668. The number of carbonyl (C=O) groups is 1. The van der Waals surface area contributed by atoms with Crippen LogP contribution < -0.4 is 0 Å². The molecule has 0 aliphatic carbocycles. The molecule has 5 heteroatoms. The van der Waals surface area contributed by atoms with Crippen molar-refractivity contribution in [2.45, 2.75) is 27.2 Å². The number of aliphatic carboxylic acids is 1. The Morgan fingerprint density at radius 3 is 2.47 bits per heavy atom. The molecule has 0 radical (unpaired) electrons. The molecule has 1 rings (SSSR count). The maximum atomic E-state index is 11.0. The lowest BCUT2D eigenvalue weighted by molar-refractivity contribution is -0.146. The number of hydrogen-bond donors (Lipinski definition) is 1. The van der Waals surface area contributed by atoms with Gasteiger partial charge in [-0.05, 0) is 20.8 Å². The van der Waals surface area contributed by atoms with Crippen molar-refractivity contribution in [3.05, 3.63) is 16.4 Å². The minimum absolute atomic E-state index is 0.374. The average molecular weight is 231 g/mol. The molecule has 0 aliphatic rings. The van der Waals surface area contributed by atoms with Gasteiger partial charge < -0.3 is 5.11 Å². The quantitative estimate of drug-likeness (QED) is 0.865. The molecule has 0 fully saturated rings. The van der Waals surface area contributed by atoms with Crippen molar-refractivity contribution >= 4 is 17.6 Å². The van der Waals surface area contributed by atoms with Gasteiger partial charge >= 0.3 is 5.97 Å². The molecule has 0 bridgehead atoms. The number of rotatable bonds is 3. The smallest absolute Gasteiger partial charge is 0.309 e. The maximum Gasteiger partial charge on any atom is 0.309 e. The monoisotopic (exact) mass is 230 g/mol. The van der Waals surface area contributed by atoms with Gasteiger partial charge in [0.2, 0.25) is 0 Å². The first-order valence-electron chi connectivity index (χ1n) is 4.67. The second-order valence-corrected chi connectivity index (χ2v) is 4.71. The largest absolute Gasteiger partial charge is 0.481 e. The Balaban J connectivity index is 3.04. The molecule has 0 aromatic carbocycles. The van der Waals surface area contributed by atoms with E-state index in [0.717, 1.165) is 11.4 Å². The number of aryl methyl sites for hydroxylation is 2. The van der Waals surface area contributed by atoms with Gasteiger partial charge in [-0.15, -0.1) is 0 Å². The summed E-state index contributed by atoms with van der Waals surface area (Å²) >= 11 is 6.05. The molecule has 84 valence electrons. The lowest BCUT2D eigenvalue weighted by Gasteiger charge is -2.18. The van der Waals surface area contributed by atoms with Crippen molar-refractivity contribution in [1.29, 1.82) is 0 Å². The van der Waals surface area contributed by atoms with Crippen molar-refractivity contribution < 1.29 is 9.90 Å². The van der Waals surface area contributed by atoms with E-state index in [4.69, 9.17) is 16.7 Å². The Hall–Kier alpha value is -1.03. The Bertz CT molecular complexity index is 396. The van der Waals surface area contributed by atoms with E-state index >= 15 is 0 Å². The summed E-state index contributed by atoms with van der Waals surface area (Å²) in [4.78, 5) is 11.0. The van der Waals surface area contributed by atoms with E-state index in [0.29, 0.717) is 11.4 Å². The Morgan fingerprint density at radius 1 is 1.60 bits per heavy atom. The summed E-state index contributed by atoms with van der Waals surface area (Å²) in [6.45, 7) is 5.15. The second-order valence-electron chi connectivity index (χ2n) is 4.34. The van der Waals surface area contributed by atoms with Crippen LogP contribution in [0.1, 0.15) is 25.2 Å². The van der Waals surface area contributed by atoms with E-state index in [1.54, 1.807) is 32.5 Å². The van der Waals surface area contributed by atoms with Crippen molar-refractivity contribution in [2.75, 3.05) is 0 Å². The predicted molar refractivity (Wildman–Crippen MR) is 58.1 cm³/mol. The molecule has 1 N–H and O–H groups in total. The van der Waals surface area contributed by atoms with Crippen molar-refractivity contribution in [3.8, 4) is 0 Å². The molecule has 0 saturated heterocycles. The zero-order valence-corrected chi connectivity index (χ0v) is 10.1. The van der Waals surface area contributed by atoms with Gasteiger partial charge in [0, 0.05) is 13.5 Å². The first kappa shape index (κ1) is 12.0. The topological polar surface area (TPSA) is 55.1 Å². The van der Waals surface area contributed by atoms with Crippen LogP contribution in [0.3, 0.4) is 0 Å².